The summed E-state index contributed by atoms with van der Waals surface area (Å²) in [6.07, 6.45) is 3.42. The van der Waals surface area contributed by atoms with Gasteiger partial charge in [0.2, 0.25) is 0 Å². The maximum atomic E-state index is 12.5. The fourth-order valence-electron chi connectivity index (χ4n) is 3.37. The summed E-state index contributed by atoms with van der Waals surface area (Å²) in [6, 6.07) is 15.9. The number of guanidine groups is 1. The van der Waals surface area contributed by atoms with E-state index in [0.29, 0.717) is 18.4 Å². The maximum Gasteiger partial charge on any atom is 0.253 e. The number of hydrogen-bond acceptors (Lipinski definition) is 2. The van der Waals surface area contributed by atoms with Crippen molar-refractivity contribution < 1.29 is 4.79 Å². The summed E-state index contributed by atoms with van der Waals surface area (Å²) in [4.78, 5) is 18.9. The van der Waals surface area contributed by atoms with Crippen molar-refractivity contribution in [1.82, 2.24) is 4.90 Å². The van der Waals surface area contributed by atoms with Crippen molar-refractivity contribution in [3.05, 3.63) is 65.2 Å². The number of anilines is 1. The SMILES string of the molecule is CC(C)c1cccc(NC(N)=NCc2ccc(C(=O)N3CCCCC3)cc2)c1. The number of carbonyl (C=O) groups is 1. The lowest BCUT2D eigenvalue weighted by atomic mass is 10.0. The molecule has 0 unspecified atom stereocenters. The number of hydrogen-bond donors (Lipinski definition) is 2. The number of nitrogens with one attached hydrogen (secondary N) is 1. The van der Waals surface area contributed by atoms with E-state index in [1.165, 1.54) is 12.0 Å². The number of nitrogens with zero attached hydrogens (tertiary/aromatic N) is 2. The minimum Gasteiger partial charge on any atom is -0.370 e. The topological polar surface area (TPSA) is 70.7 Å². The van der Waals surface area contributed by atoms with Gasteiger partial charge in [0.25, 0.3) is 5.91 Å². The fraction of sp³-hybridized carbons (Fsp3) is 0.391. The summed E-state index contributed by atoms with van der Waals surface area (Å²) >= 11 is 0. The predicted octanol–water partition coefficient (Wildman–Crippen LogP) is 4.36. The number of benzene rings is 2. The van der Waals surface area contributed by atoms with Crippen LogP contribution in [0.4, 0.5) is 5.69 Å². The molecule has 1 aliphatic heterocycles. The molecular weight excluding hydrogens is 348 g/mol. The van der Waals surface area contributed by atoms with E-state index >= 15 is 0 Å². The monoisotopic (exact) mass is 378 g/mol. The van der Waals surface area contributed by atoms with Crippen molar-refractivity contribution in [2.75, 3.05) is 18.4 Å². The Morgan fingerprint density at radius 2 is 1.82 bits per heavy atom. The Morgan fingerprint density at radius 3 is 2.50 bits per heavy atom. The largest absolute Gasteiger partial charge is 0.370 e. The third-order valence-corrected chi connectivity index (χ3v) is 5.10. The lowest BCUT2D eigenvalue weighted by Gasteiger charge is -2.26. The van der Waals surface area contributed by atoms with E-state index in [4.69, 9.17) is 5.73 Å². The van der Waals surface area contributed by atoms with Gasteiger partial charge >= 0.3 is 0 Å². The molecule has 0 bridgehead atoms. The van der Waals surface area contributed by atoms with Crippen LogP contribution < -0.4 is 11.1 Å². The van der Waals surface area contributed by atoms with Gasteiger partial charge in [0, 0.05) is 24.3 Å². The van der Waals surface area contributed by atoms with Crippen molar-refractivity contribution in [3.63, 3.8) is 0 Å². The highest BCUT2D eigenvalue weighted by atomic mass is 16.2. The molecular formula is C23H30N4O. The quantitative estimate of drug-likeness (QED) is 0.600. The Balaban J connectivity index is 1.57. The second-order valence-corrected chi connectivity index (χ2v) is 7.66. The van der Waals surface area contributed by atoms with Crippen LogP contribution >= 0.6 is 0 Å². The molecule has 5 nitrogen and oxygen atoms in total. The number of rotatable bonds is 5. The molecule has 2 aromatic carbocycles. The maximum absolute atomic E-state index is 12.5. The zero-order valence-electron chi connectivity index (χ0n) is 16.8. The lowest BCUT2D eigenvalue weighted by Crippen LogP contribution is -2.35. The van der Waals surface area contributed by atoms with E-state index < -0.39 is 0 Å². The van der Waals surface area contributed by atoms with Gasteiger partial charge in [0.1, 0.15) is 0 Å². The second-order valence-electron chi connectivity index (χ2n) is 7.66. The van der Waals surface area contributed by atoms with Crippen LogP contribution in [0.1, 0.15) is 60.5 Å². The van der Waals surface area contributed by atoms with Crippen LogP contribution in [0.15, 0.2) is 53.5 Å². The van der Waals surface area contributed by atoms with Crippen LogP contribution in [0, 0.1) is 0 Å². The van der Waals surface area contributed by atoms with E-state index in [0.717, 1.165) is 42.7 Å². The molecule has 1 amide bonds. The smallest absolute Gasteiger partial charge is 0.253 e. The first-order valence-electron chi connectivity index (χ1n) is 10.1. The Kier molecular flexibility index (Phi) is 6.69. The molecule has 1 saturated heterocycles. The fourth-order valence-corrected chi connectivity index (χ4v) is 3.37. The van der Waals surface area contributed by atoms with Crippen LogP contribution in [-0.4, -0.2) is 29.9 Å². The molecule has 28 heavy (non-hydrogen) atoms. The van der Waals surface area contributed by atoms with Crippen LogP contribution in [0.5, 0.6) is 0 Å². The van der Waals surface area contributed by atoms with Gasteiger partial charge < -0.3 is 16.0 Å². The van der Waals surface area contributed by atoms with Gasteiger partial charge in [0.05, 0.1) is 6.54 Å². The number of aliphatic imine (C=N–C) groups is 1. The van der Waals surface area contributed by atoms with Gasteiger partial charge in [-0.2, -0.15) is 0 Å². The summed E-state index contributed by atoms with van der Waals surface area (Å²) in [5, 5.41) is 3.15. The van der Waals surface area contributed by atoms with Crippen molar-refractivity contribution in [3.8, 4) is 0 Å². The zero-order valence-corrected chi connectivity index (χ0v) is 16.8. The normalized spacial score (nSPS) is 15.0. The number of likely N-dealkylation sites (tertiary alicyclic amines) is 1. The van der Waals surface area contributed by atoms with E-state index in [-0.39, 0.29) is 5.91 Å². The zero-order chi connectivity index (χ0) is 19.9. The summed E-state index contributed by atoms with van der Waals surface area (Å²) < 4.78 is 0. The minimum absolute atomic E-state index is 0.126. The Morgan fingerprint density at radius 1 is 1.11 bits per heavy atom. The van der Waals surface area contributed by atoms with Gasteiger partial charge in [0.15, 0.2) is 5.96 Å². The molecule has 3 N–H and O–H groups in total. The van der Waals surface area contributed by atoms with E-state index in [9.17, 15) is 4.79 Å². The van der Waals surface area contributed by atoms with E-state index in [1.54, 1.807) is 0 Å². The molecule has 1 aliphatic rings. The standard InChI is InChI=1S/C23H30N4O/c1-17(2)20-7-6-8-21(15-20)26-23(24)25-16-18-9-11-19(12-10-18)22(28)27-13-4-3-5-14-27/h6-12,15,17H,3-5,13-14,16H2,1-2H3,(H3,24,25,26). The Hall–Kier alpha value is -2.82. The number of piperidine rings is 1. The molecule has 0 saturated carbocycles. The van der Waals surface area contributed by atoms with Crippen molar-refractivity contribution in [2.24, 2.45) is 10.7 Å². The van der Waals surface area contributed by atoms with Crippen molar-refractivity contribution in [1.29, 1.82) is 0 Å². The Bertz CT molecular complexity index is 821. The molecule has 0 atom stereocenters. The van der Waals surface area contributed by atoms with Crippen LogP contribution in [0.3, 0.4) is 0 Å². The molecule has 0 spiro atoms. The number of carbonyl (C=O) groups excluding carboxylic acids is 1. The van der Waals surface area contributed by atoms with Crippen molar-refractivity contribution >= 4 is 17.6 Å². The highest BCUT2D eigenvalue weighted by Crippen LogP contribution is 2.18. The molecule has 0 radical (unpaired) electrons. The van der Waals surface area contributed by atoms with Gasteiger partial charge in [-0.3, -0.25) is 4.79 Å². The highest BCUT2D eigenvalue weighted by Gasteiger charge is 2.17. The predicted molar refractivity (Wildman–Crippen MR) is 116 cm³/mol. The average Bonchev–Trinajstić information content (AvgIpc) is 2.73. The molecule has 1 heterocycles. The van der Waals surface area contributed by atoms with Crippen molar-refractivity contribution in [2.45, 2.75) is 45.6 Å². The summed E-state index contributed by atoms with van der Waals surface area (Å²) in [7, 11) is 0. The third kappa shape index (κ3) is 5.35. The average molecular weight is 379 g/mol. The number of amides is 1. The van der Waals surface area contributed by atoms with Crippen LogP contribution in [-0.2, 0) is 6.54 Å². The molecule has 1 fully saturated rings. The number of nitrogens with two attached hydrogens (primary N) is 1. The van der Waals surface area contributed by atoms with Crippen LogP contribution in [0.25, 0.3) is 0 Å². The van der Waals surface area contributed by atoms with Crippen LogP contribution in [0.2, 0.25) is 0 Å². The summed E-state index contributed by atoms with van der Waals surface area (Å²) in [5.74, 6) is 0.974. The lowest BCUT2D eigenvalue weighted by molar-refractivity contribution is 0.0724. The van der Waals surface area contributed by atoms with Gasteiger partial charge in [-0.15, -0.1) is 0 Å². The third-order valence-electron chi connectivity index (χ3n) is 5.10. The summed E-state index contributed by atoms with van der Waals surface area (Å²) in [5.41, 5.74) is 10.00. The first-order valence-corrected chi connectivity index (χ1v) is 10.1. The molecule has 0 aliphatic carbocycles. The molecule has 0 aromatic heterocycles. The van der Waals surface area contributed by atoms with Gasteiger partial charge in [-0.05, 0) is 60.6 Å². The molecule has 2 aromatic rings. The molecule has 5 heteroatoms. The first kappa shape index (κ1) is 19.9. The second kappa shape index (κ2) is 9.40. The Labute approximate surface area is 167 Å². The highest BCUT2D eigenvalue weighted by molar-refractivity contribution is 5.94. The van der Waals surface area contributed by atoms with E-state index in [1.807, 2.05) is 41.3 Å². The van der Waals surface area contributed by atoms with Gasteiger partial charge in [-0.1, -0.05) is 38.1 Å². The first-order chi connectivity index (χ1) is 13.5. The van der Waals surface area contributed by atoms with Gasteiger partial charge in [-0.25, -0.2) is 4.99 Å². The molecule has 3 rings (SSSR count). The van der Waals surface area contributed by atoms with E-state index in [2.05, 4.69) is 36.3 Å². The minimum atomic E-state index is 0.126. The summed E-state index contributed by atoms with van der Waals surface area (Å²) in [6.45, 7) is 6.53. The molecule has 148 valence electrons.